The number of anilines is 1. The summed E-state index contributed by atoms with van der Waals surface area (Å²) >= 11 is 0. The van der Waals surface area contributed by atoms with E-state index in [1.165, 1.54) is 0 Å². The smallest absolute Gasteiger partial charge is 0.337 e. The van der Waals surface area contributed by atoms with Gasteiger partial charge in [0.05, 0.1) is 24.5 Å². The number of pyridine rings is 1. The van der Waals surface area contributed by atoms with E-state index in [0.717, 1.165) is 32.8 Å². The Hall–Kier alpha value is -1.66. The van der Waals surface area contributed by atoms with E-state index in [0.29, 0.717) is 11.5 Å². The Morgan fingerprint density at radius 1 is 1.50 bits per heavy atom. The molecule has 0 aromatic carbocycles. The Kier molecular flexibility index (Phi) is 4.92. The van der Waals surface area contributed by atoms with Gasteiger partial charge in [0.25, 0.3) is 0 Å². The molecule has 1 fully saturated rings. The highest BCUT2D eigenvalue weighted by atomic mass is 16.5. The molecule has 20 heavy (non-hydrogen) atoms. The highest BCUT2D eigenvalue weighted by Crippen LogP contribution is 2.12. The van der Waals surface area contributed by atoms with Gasteiger partial charge in [0.1, 0.15) is 5.82 Å². The fourth-order valence-electron chi connectivity index (χ4n) is 2.34. The summed E-state index contributed by atoms with van der Waals surface area (Å²) in [5.41, 5.74) is 0.775. The van der Waals surface area contributed by atoms with E-state index < -0.39 is 5.97 Å². The molecule has 1 aliphatic rings. The quantitative estimate of drug-likeness (QED) is 0.844. The number of aromatic carboxylic acids is 1. The van der Waals surface area contributed by atoms with Crippen molar-refractivity contribution in [3.63, 3.8) is 0 Å². The fourth-order valence-corrected chi connectivity index (χ4v) is 2.34. The van der Waals surface area contributed by atoms with Crippen molar-refractivity contribution in [2.45, 2.75) is 19.9 Å². The summed E-state index contributed by atoms with van der Waals surface area (Å²) in [6.45, 7) is 8.21. The zero-order valence-corrected chi connectivity index (χ0v) is 11.9. The van der Waals surface area contributed by atoms with Crippen molar-refractivity contribution in [1.82, 2.24) is 9.88 Å². The van der Waals surface area contributed by atoms with Crippen LogP contribution in [0.2, 0.25) is 0 Å². The van der Waals surface area contributed by atoms with E-state index >= 15 is 0 Å². The van der Waals surface area contributed by atoms with Gasteiger partial charge in [0, 0.05) is 25.7 Å². The average Bonchev–Trinajstić information content (AvgIpc) is 2.39. The molecule has 0 spiro atoms. The zero-order valence-electron chi connectivity index (χ0n) is 11.9. The summed E-state index contributed by atoms with van der Waals surface area (Å²) in [6.07, 6.45) is 0. The van der Waals surface area contributed by atoms with E-state index in [-0.39, 0.29) is 11.6 Å². The van der Waals surface area contributed by atoms with Gasteiger partial charge >= 0.3 is 5.97 Å². The molecule has 1 atom stereocenters. The first-order valence-corrected chi connectivity index (χ1v) is 6.84. The molecule has 6 nitrogen and oxygen atoms in total. The number of aryl methyl sites for hydroxylation is 1. The number of morpholine rings is 1. The van der Waals surface area contributed by atoms with Crippen LogP contribution < -0.4 is 5.32 Å². The number of hydrogen-bond donors (Lipinski definition) is 2. The Labute approximate surface area is 118 Å². The van der Waals surface area contributed by atoms with Crippen LogP contribution in [-0.4, -0.2) is 59.8 Å². The van der Waals surface area contributed by atoms with E-state index in [1.54, 1.807) is 19.1 Å². The molecule has 110 valence electrons. The van der Waals surface area contributed by atoms with Crippen molar-refractivity contribution < 1.29 is 14.6 Å². The van der Waals surface area contributed by atoms with Crippen LogP contribution in [0.3, 0.4) is 0 Å². The van der Waals surface area contributed by atoms with Gasteiger partial charge in [-0.3, -0.25) is 4.90 Å². The van der Waals surface area contributed by atoms with E-state index in [1.807, 2.05) is 0 Å². The Balaban J connectivity index is 1.92. The molecule has 1 saturated heterocycles. The number of nitrogens with one attached hydrogen (secondary N) is 1. The average molecular weight is 279 g/mol. The third-order valence-electron chi connectivity index (χ3n) is 3.35. The molecular formula is C14H21N3O3. The highest BCUT2D eigenvalue weighted by molar-refractivity contribution is 5.89. The SMILES string of the molecule is Cc1nc(NC(C)CN2CCOCC2)ccc1C(=O)O. The summed E-state index contributed by atoms with van der Waals surface area (Å²) in [5.74, 6) is -0.226. The lowest BCUT2D eigenvalue weighted by molar-refractivity contribution is 0.0368. The lowest BCUT2D eigenvalue weighted by atomic mass is 10.2. The normalized spacial score (nSPS) is 17.7. The molecule has 1 aromatic heterocycles. The van der Waals surface area contributed by atoms with Gasteiger partial charge in [-0.15, -0.1) is 0 Å². The van der Waals surface area contributed by atoms with Crippen molar-refractivity contribution in [2.24, 2.45) is 0 Å². The summed E-state index contributed by atoms with van der Waals surface area (Å²) in [5, 5.41) is 12.3. The Morgan fingerprint density at radius 2 is 2.20 bits per heavy atom. The van der Waals surface area contributed by atoms with Gasteiger partial charge in [-0.2, -0.15) is 0 Å². The Bertz CT molecular complexity index is 473. The number of rotatable bonds is 5. The van der Waals surface area contributed by atoms with Crippen molar-refractivity contribution in [3.05, 3.63) is 23.4 Å². The zero-order chi connectivity index (χ0) is 14.5. The molecule has 1 aliphatic heterocycles. The van der Waals surface area contributed by atoms with Crippen LogP contribution in [0.4, 0.5) is 5.82 Å². The predicted octanol–water partition coefficient (Wildman–Crippen LogP) is 1.22. The molecule has 2 N–H and O–H groups in total. The van der Waals surface area contributed by atoms with Crippen LogP contribution in [0.1, 0.15) is 23.0 Å². The standard InChI is InChI=1S/C14H21N3O3/c1-10(9-17-5-7-20-8-6-17)15-13-4-3-12(14(18)19)11(2)16-13/h3-4,10H,5-9H2,1-2H3,(H,15,16)(H,18,19). The maximum Gasteiger partial charge on any atom is 0.337 e. The predicted molar refractivity (Wildman–Crippen MR) is 76.3 cm³/mol. The van der Waals surface area contributed by atoms with E-state index in [2.05, 4.69) is 22.1 Å². The molecule has 6 heteroatoms. The van der Waals surface area contributed by atoms with Crippen molar-refractivity contribution in [1.29, 1.82) is 0 Å². The summed E-state index contributed by atoms with van der Waals surface area (Å²) in [7, 11) is 0. The number of hydrogen-bond acceptors (Lipinski definition) is 5. The first-order valence-electron chi connectivity index (χ1n) is 6.84. The topological polar surface area (TPSA) is 74.7 Å². The molecule has 1 unspecified atom stereocenters. The molecule has 0 amide bonds. The monoisotopic (exact) mass is 279 g/mol. The van der Waals surface area contributed by atoms with Crippen LogP contribution in [0.25, 0.3) is 0 Å². The number of nitrogens with zero attached hydrogens (tertiary/aromatic N) is 2. The van der Waals surface area contributed by atoms with Gasteiger partial charge < -0.3 is 15.2 Å². The first-order chi connectivity index (χ1) is 9.56. The molecule has 2 rings (SSSR count). The third-order valence-corrected chi connectivity index (χ3v) is 3.35. The van der Waals surface area contributed by atoms with Crippen LogP contribution in [0.5, 0.6) is 0 Å². The first kappa shape index (κ1) is 14.7. The van der Waals surface area contributed by atoms with Crippen molar-refractivity contribution in [3.8, 4) is 0 Å². The van der Waals surface area contributed by atoms with Gasteiger partial charge in [0.2, 0.25) is 0 Å². The van der Waals surface area contributed by atoms with Gasteiger partial charge in [-0.1, -0.05) is 0 Å². The molecule has 0 bridgehead atoms. The maximum atomic E-state index is 10.9. The minimum atomic E-state index is -0.942. The van der Waals surface area contributed by atoms with Gasteiger partial charge in [-0.05, 0) is 26.0 Å². The Morgan fingerprint density at radius 3 is 2.80 bits per heavy atom. The third kappa shape index (κ3) is 3.91. The second-order valence-corrected chi connectivity index (χ2v) is 5.09. The van der Waals surface area contributed by atoms with Gasteiger partial charge in [-0.25, -0.2) is 9.78 Å². The number of ether oxygens (including phenoxy) is 1. The van der Waals surface area contributed by atoms with E-state index in [9.17, 15) is 4.79 Å². The lowest BCUT2D eigenvalue weighted by Gasteiger charge is -2.29. The van der Waals surface area contributed by atoms with Crippen LogP contribution in [-0.2, 0) is 4.74 Å². The molecule has 0 radical (unpaired) electrons. The highest BCUT2D eigenvalue weighted by Gasteiger charge is 2.14. The molecular weight excluding hydrogens is 258 g/mol. The van der Waals surface area contributed by atoms with Crippen LogP contribution in [0.15, 0.2) is 12.1 Å². The lowest BCUT2D eigenvalue weighted by Crippen LogP contribution is -2.42. The van der Waals surface area contributed by atoms with E-state index in [4.69, 9.17) is 9.84 Å². The molecule has 0 saturated carbocycles. The number of carboxylic acids is 1. The van der Waals surface area contributed by atoms with Crippen molar-refractivity contribution >= 4 is 11.8 Å². The maximum absolute atomic E-state index is 10.9. The van der Waals surface area contributed by atoms with Crippen LogP contribution >= 0.6 is 0 Å². The van der Waals surface area contributed by atoms with Crippen molar-refractivity contribution in [2.75, 3.05) is 38.2 Å². The molecule has 0 aliphatic carbocycles. The number of carboxylic acid groups (broad SMARTS) is 1. The molecule has 1 aromatic rings. The second kappa shape index (κ2) is 6.67. The largest absolute Gasteiger partial charge is 0.478 e. The minimum Gasteiger partial charge on any atom is -0.478 e. The van der Waals surface area contributed by atoms with Gasteiger partial charge in [0.15, 0.2) is 0 Å². The number of aromatic nitrogens is 1. The van der Waals surface area contributed by atoms with Crippen LogP contribution in [0, 0.1) is 6.92 Å². The number of carbonyl (C=O) groups is 1. The second-order valence-electron chi connectivity index (χ2n) is 5.09. The summed E-state index contributed by atoms with van der Waals surface area (Å²) in [4.78, 5) is 17.6. The fraction of sp³-hybridized carbons (Fsp3) is 0.571. The summed E-state index contributed by atoms with van der Waals surface area (Å²) in [6, 6.07) is 3.55. The minimum absolute atomic E-state index is 0.246. The molecule has 2 heterocycles. The summed E-state index contributed by atoms with van der Waals surface area (Å²) < 4.78 is 5.32.